The number of primary amides is 1. The van der Waals surface area contributed by atoms with E-state index in [0.717, 1.165) is 0 Å². The van der Waals surface area contributed by atoms with Crippen molar-refractivity contribution in [2.75, 3.05) is 18.8 Å². The molecule has 0 saturated carbocycles. The topological polar surface area (TPSA) is 531 Å². The van der Waals surface area contributed by atoms with Gasteiger partial charge in [0.05, 0.1) is 30.3 Å². The summed E-state index contributed by atoms with van der Waals surface area (Å²) in [6.45, 7) is 19.8. The number of aliphatic imine (C=N–C) groups is 1. The Labute approximate surface area is 603 Å². The molecule has 33 nitrogen and oxygen atoms in total. The first kappa shape index (κ1) is 85.6. The molecule has 2 aliphatic heterocycles. The molecule has 12 amide bonds. The number of H-pyrrole nitrogens is 1. The van der Waals surface area contributed by atoms with Gasteiger partial charge >= 0.3 is 11.9 Å². The van der Waals surface area contributed by atoms with Crippen molar-refractivity contribution in [3.63, 3.8) is 0 Å². The number of nitrogens with one attached hydrogen (secondary N) is 12. The lowest BCUT2D eigenvalue weighted by Gasteiger charge is -2.30. The summed E-state index contributed by atoms with van der Waals surface area (Å²) in [6.07, 6.45) is 4.22. The second-order valence-corrected chi connectivity index (χ2v) is 27.3. The summed E-state index contributed by atoms with van der Waals surface area (Å²) < 4.78 is 0. The van der Waals surface area contributed by atoms with Crippen LogP contribution >= 0.6 is 11.8 Å². The Morgan fingerprint density at radius 1 is 0.670 bits per heavy atom. The van der Waals surface area contributed by atoms with E-state index < -0.39 is 193 Å². The summed E-state index contributed by atoms with van der Waals surface area (Å²) in [5, 5.41) is 49.0. The van der Waals surface area contributed by atoms with Crippen LogP contribution in [0.4, 0.5) is 0 Å². The van der Waals surface area contributed by atoms with E-state index in [4.69, 9.17) is 17.2 Å². The van der Waals surface area contributed by atoms with Crippen molar-refractivity contribution in [1.29, 1.82) is 0 Å². The van der Waals surface area contributed by atoms with E-state index >= 15 is 0 Å². The number of benzene rings is 1. The summed E-state index contributed by atoms with van der Waals surface area (Å²) in [5.41, 5.74) is 18.7. The number of aliphatic carboxylic acids is 2. The molecular formula is C69H103N17O16S. The number of allylic oxidation sites excluding steroid dienone is 3. The average Bonchev–Trinajstić information content (AvgIpc) is 1.77. The van der Waals surface area contributed by atoms with Crippen molar-refractivity contribution in [2.45, 2.75) is 203 Å². The van der Waals surface area contributed by atoms with E-state index in [1.807, 2.05) is 6.92 Å². The number of carbonyl (C=O) groups is 14. The molecule has 2 aliphatic rings. The number of rotatable bonds is 34. The van der Waals surface area contributed by atoms with Gasteiger partial charge in [-0.2, -0.15) is 0 Å². The first-order valence-corrected chi connectivity index (χ1v) is 35.4. The zero-order valence-electron chi connectivity index (χ0n) is 59.0. The fourth-order valence-corrected chi connectivity index (χ4v) is 12.5. The molecule has 0 aliphatic carbocycles. The molecule has 2 aromatic rings. The van der Waals surface area contributed by atoms with Crippen molar-refractivity contribution in [2.24, 2.45) is 45.9 Å². The van der Waals surface area contributed by atoms with E-state index in [9.17, 15) is 77.3 Å². The van der Waals surface area contributed by atoms with E-state index in [1.54, 1.807) is 64.1 Å². The second kappa shape index (κ2) is 43.9. The molecule has 3 heterocycles. The van der Waals surface area contributed by atoms with E-state index in [1.165, 1.54) is 36.4 Å². The van der Waals surface area contributed by atoms with Crippen LogP contribution in [0.1, 0.15) is 129 Å². The van der Waals surface area contributed by atoms with Crippen LogP contribution in [-0.2, 0) is 80.0 Å². The highest BCUT2D eigenvalue weighted by Crippen LogP contribution is 2.25. The SMILES string of the molecule is C=CCC(C)C(N)C1=NC(C(=O)NC(CC(C)C)C(=O)NC(CCC(=O)O)C(=O)NC(C(=O)NC2CCCCNC(=O)C(CC(N)=O)NC(=O)C(CC(=O)O)NC(=O)C(Cc3cnc[nH]3)NC(=O)C(Cc3ccccc3)NC(=O)C(C(C)CC=C)NC(=O)C(CCCN)NC2=O)C(C)CC=C)CS1. The molecule has 4 rings (SSSR count). The maximum atomic E-state index is 15.0. The number of hydrogen-bond acceptors (Lipinski definition) is 19. The van der Waals surface area contributed by atoms with Gasteiger partial charge in [-0.25, -0.2) is 4.98 Å². The number of carboxylic acid groups (broad SMARTS) is 2. The van der Waals surface area contributed by atoms with Gasteiger partial charge in [-0.05, 0) is 100.0 Å². The fourth-order valence-electron chi connectivity index (χ4n) is 11.3. The standard InChI is InChI=1S/C69H103N17O16S/c1-9-18-38(6)55(72)69-84-51(35-103-69)66(100)79-46(29-37(4)5)62(96)77-45(25-26-53(88)89)61(95)86-56(39(7)19-10-2)67(101)78-43-23-15-16-28-74-58(92)49(32-52(71)87)81-65(99)50(33-54(90)91)82-64(98)48(31-42-34-73-36-75-42)80-63(97)47(30-41-21-13-12-14-22-41)83-68(102)57(40(8)20-11-3)85-60(94)44(24-17-27-70)76-59(43)93/h9-14,21-22,34,36-40,43-51,55-57H,1-3,15-20,23-33,35,70,72H2,4-8H3,(H2,71,87)(H,73,75)(H,74,92)(H,76,93)(H,77,96)(H,78,101)(H,79,100)(H,80,97)(H,81,99)(H,82,98)(H,83,102)(H,85,94)(H,86,95)(H,88,89)(H,90,91). The van der Waals surface area contributed by atoms with Gasteiger partial charge in [0.25, 0.3) is 0 Å². The Bertz CT molecular complexity index is 3320. The molecule has 0 bridgehead atoms. The first-order valence-electron chi connectivity index (χ1n) is 34.4. The minimum absolute atomic E-state index is 0.00222. The molecule has 15 atom stereocenters. The fraction of sp³-hybridized carbons (Fsp3) is 0.565. The number of carbonyl (C=O) groups excluding carboxylic acids is 12. The molecule has 0 spiro atoms. The molecular weight excluding hydrogens is 1350 g/mol. The highest BCUT2D eigenvalue weighted by atomic mass is 32.2. The lowest BCUT2D eigenvalue weighted by atomic mass is 9.95. The normalized spacial score (nSPS) is 22.7. The van der Waals surface area contributed by atoms with Crippen LogP contribution in [0.25, 0.3) is 0 Å². The van der Waals surface area contributed by atoms with Crippen LogP contribution in [0.5, 0.6) is 0 Å². The monoisotopic (exact) mass is 1460 g/mol. The van der Waals surface area contributed by atoms with Crippen LogP contribution in [0.2, 0.25) is 0 Å². The maximum Gasteiger partial charge on any atom is 0.305 e. The highest BCUT2D eigenvalue weighted by Gasteiger charge is 2.40. The third-order valence-corrected chi connectivity index (χ3v) is 18.3. The Kier molecular flexibility index (Phi) is 36.4. The summed E-state index contributed by atoms with van der Waals surface area (Å²) in [7, 11) is 0. The minimum Gasteiger partial charge on any atom is -0.481 e. The molecule has 566 valence electrons. The summed E-state index contributed by atoms with van der Waals surface area (Å²) in [6, 6.07) is -8.91. The Morgan fingerprint density at radius 2 is 1.26 bits per heavy atom. The molecule has 1 aromatic carbocycles. The van der Waals surface area contributed by atoms with Gasteiger partial charge in [0.2, 0.25) is 70.9 Å². The maximum absolute atomic E-state index is 15.0. The first-order chi connectivity index (χ1) is 48.9. The number of carboxylic acids is 2. The van der Waals surface area contributed by atoms with Crippen LogP contribution in [0, 0.1) is 23.7 Å². The zero-order valence-corrected chi connectivity index (χ0v) is 59.8. The number of nitrogens with two attached hydrogens (primary N) is 3. The van der Waals surface area contributed by atoms with Gasteiger partial charge < -0.3 is 90.9 Å². The number of thioether (sulfide) groups is 1. The summed E-state index contributed by atoms with van der Waals surface area (Å²) >= 11 is 1.32. The summed E-state index contributed by atoms with van der Waals surface area (Å²) in [4.78, 5) is 208. The predicted octanol–water partition coefficient (Wildman–Crippen LogP) is -1.18. The second-order valence-electron chi connectivity index (χ2n) is 26.3. The highest BCUT2D eigenvalue weighted by molar-refractivity contribution is 8.14. The Balaban J connectivity index is 1.80. The molecule has 1 aromatic heterocycles. The molecule has 103 heavy (non-hydrogen) atoms. The average molecular weight is 1460 g/mol. The largest absolute Gasteiger partial charge is 0.481 e. The Morgan fingerprint density at radius 3 is 1.86 bits per heavy atom. The third kappa shape index (κ3) is 29.2. The molecule has 0 radical (unpaired) electrons. The van der Waals surface area contributed by atoms with Crippen molar-refractivity contribution in [3.05, 3.63) is 92.1 Å². The Hall–Kier alpha value is -9.83. The van der Waals surface area contributed by atoms with Crippen LogP contribution in [0.3, 0.4) is 0 Å². The van der Waals surface area contributed by atoms with Crippen molar-refractivity contribution in [3.8, 4) is 0 Å². The summed E-state index contributed by atoms with van der Waals surface area (Å²) in [5.74, 6) is -16.2. The quantitative estimate of drug-likeness (QED) is 0.0367. The molecule has 20 N–H and O–H groups in total. The van der Waals surface area contributed by atoms with E-state index in [0.29, 0.717) is 17.0 Å². The van der Waals surface area contributed by atoms with Crippen LogP contribution in [-0.4, -0.2) is 199 Å². The number of aromatic amines is 1. The lowest BCUT2D eigenvalue weighted by molar-refractivity contribution is -0.142. The minimum atomic E-state index is -1.96. The number of aromatic nitrogens is 2. The van der Waals surface area contributed by atoms with Gasteiger partial charge in [-0.1, -0.05) is 83.2 Å². The molecule has 34 heteroatoms. The number of hydrogen-bond donors (Lipinski definition) is 17. The van der Waals surface area contributed by atoms with Crippen LogP contribution in [0.15, 0.2) is 85.8 Å². The van der Waals surface area contributed by atoms with E-state index in [2.05, 4.69) is 93.2 Å². The predicted molar refractivity (Wildman–Crippen MR) is 383 cm³/mol. The van der Waals surface area contributed by atoms with Crippen molar-refractivity contribution >= 4 is 99.6 Å². The van der Waals surface area contributed by atoms with E-state index in [-0.39, 0.29) is 101 Å². The third-order valence-electron chi connectivity index (χ3n) is 17.2. The zero-order chi connectivity index (χ0) is 76.5. The number of amides is 12. The lowest BCUT2D eigenvalue weighted by Crippen LogP contribution is -2.62. The van der Waals surface area contributed by atoms with Crippen LogP contribution < -0.4 is 75.7 Å². The van der Waals surface area contributed by atoms with Crippen molar-refractivity contribution < 1.29 is 77.3 Å². The number of imidazole rings is 1. The van der Waals surface area contributed by atoms with Gasteiger partial charge in [0, 0.05) is 43.5 Å². The van der Waals surface area contributed by atoms with Gasteiger partial charge in [0.1, 0.15) is 66.5 Å². The molecule has 15 unspecified atom stereocenters. The van der Waals surface area contributed by atoms with Crippen molar-refractivity contribution in [1.82, 2.24) is 68.5 Å². The van der Waals surface area contributed by atoms with Gasteiger partial charge in [0.15, 0.2) is 0 Å². The smallest absolute Gasteiger partial charge is 0.305 e. The van der Waals surface area contributed by atoms with Gasteiger partial charge in [-0.15, -0.1) is 31.5 Å². The molecule has 1 saturated heterocycles. The van der Waals surface area contributed by atoms with Gasteiger partial charge in [-0.3, -0.25) is 72.1 Å². The molecule has 1 fully saturated rings. The number of nitrogens with zero attached hydrogens (tertiary/aromatic N) is 2.